The maximum atomic E-state index is 9.43. The zero-order valence-electron chi connectivity index (χ0n) is 7.17. The first-order chi connectivity index (χ1) is 6.07. The summed E-state index contributed by atoms with van der Waals surface area (Å²) < 4.78 is 0. The molecule has 1 saturated heterocycles. The first kappa shape index (κ1) is 10.6. The van der Waals surface area contributed by atoms with Gasteiger partial charge in [-0.25, -0.2) is 0 Å². The molecule has 5 unspecified atom stereocenters. The number of hydrogen-bond acceptors (Lipinski definition) is 5. The van der Waals surface area contributed by atoms with Gasteiger partial charge in [0.05, 0.1) is 18.2 Å². The van der Waals surface area contributed by atoms with Crippen molar-refractivity contribution in [3.8, 4) is 0 Å². The van der Waals surface area contributed by atoms with Gasteiger partial charge in [0.1, 0.15) is 12.2 Å². The van der Waals surface area contributed by atoms with Gasteiger partial charge in [-0.1, -0.05) is 6.08 Å². The molecule has 0 bridgehead atoms. The maximum Gasteiger partial charge on any atom is 0.109 e. The SMILES string of the molecule is C=CC(O)C1NCC(O)C(O)C1O. The Morgan fingerprint density at radius 2 is 1.92 bits per heavy atom. The Hall–Kier alpha value is -0.460. The predicted octanol–water partition coefficient (Wildman–Crippen LogP) is -2.41. The van der Waals surface area contributed by atoms with Crippen LogP contribution in [0.1, 0.15) is 0 Å². The highest BCUT2D eigenvalue weighted by Crippen LogP contribution is 2.13. The number of β-amino-alcohol motifs (C(OH)–C–C–N with tert-alkyl or cyclic N) is 1. The molecule has 0 aromatic carbocycles. The standard InChI is InChI=1S/C8H15NO4/c1-2-4(10)6-8(13)7(12)5(11)3-9-6/h2,4-13H,1,3H2. The Morgan fingerprint density at radius 1 is 1.31 bits per heavy atom. The molecule has 5 N–H and O–H groups in total. The summed E-state index contributed by atoms with van der Waals surface area (Å²) in [5, 5.41) is 39.9. The van der Waals surface area contributed by atoms with Crippen molar-refractivity contribution < 1.29 is 20.4 Å². The molecule has 5 nitrogen and oxygen atoms in total. The average molecular weight is 189 g/mol. The normalized spacial score (nSPS) is 42.8. The molecular formula is C8H15NO4. The van der Waals surface area contributed by atoms with Crippen molar-refractivity contribution in [1.29, 1.82) is 0 Å². The van der Waals surface area contributed by atoms with Gasteiger partial charge < -0.3 is 25.7 Å². The zero-order chi connectivity index (χ0) is 10.0. The molecule has 5 atom stereocenters. The Balaban J connectivity index is 2.63. The van der Waals surface area contributed by atoms with E-state index in [-0.39, 0.29) is 6.54 Å². The summed E-state index contributed by atoms with van der Waals surface area (Å²) in [7, 11) is 0. The van der Waals surface area contributed by atoms with Gasteiger partial charge in [0.2, 0.25) is 0 Å². The monoisotopic (exact) mass is 189 g/mol. The summed E-state index contributed by atoms with van der Waals surface area (Å²) in [4.78, 5) is 0. The van der Waals surface area contributed by atoms with E-state index in [2.05, 4.69) is 11.9 Å². The van der Waals surface area contributed by atoms with Crippen LogP contribution in [0.15, 0.2) is 12.7 Å². The maximum absolute atomic E-state index is 9.43. The molecule has 1 rings (SSSR count). The Morgan fingerprint density at radius 3 is 2.46 bits per heavy atom. The van der Waals surface area contributed by atoms with Crippen LogP contribution in [0.3, 0.4) is 0 Å². The Bertz CT molecular complexity index is 187. The van der Waals surface area contributed by atoms with E-state index in [1.807, 2.05) is 0 Å². The molecule has 1 fully saturated rings. The second-order valence-electron chi connectivity index (χ2n) is 3.21. The second-order valence-corrected chi connectivity index (χ2v) is 3.21. The number of piperidine rings is 1. The third-order valence-corrected chi connectivity index (χ3v) is 2.28. The topological polar surface area (TPSA) is 93.0 Å². The van der Waals surface area contributed by atoms with Crippen LogP contribution >= 0.6 is 0 Å². The van der Waals surface area contributed by atoms with Crippen LogP contribution in [-0.2, 0) is 0 Å². The molecule has 13 heavy (non-hydrogen) atoms. The van der Waals surface area contributed by atoms with Crippen molar-refractivity contribution in [3.63, 3.8) is 0 Å². The zero-order valence-corrected chi connectivity index (χ0v) is 7.17. The third kappa shape index (κ3) is 2.07. The van der Waals surface area contributed by atoms with Gasteiger partial charge in [0.25, 0.3) is 0 Å². The highest BCUT2D eigenvalue weighted by molar-refractivity contribution is 5.00. The molecule has 0 saturated carbocycles. The van der Waals surface area contributed by atoms with E-state index in [9.17, 15) is 15.3 Å². The summed E-state index contributed by atoms with van der Waals surface area (Å²) in [6.45, 7) is 3.52. The van der Waals surface area contributed by atoms with Crippen molar-refractivity contribution >= 4 is 0 Å². The van der Waals surface area contributed by atoms with E-state index in [0.29, 0.717) is 0 Å². The summed E-state index contributed by atoms with van der Waals surface area (Å²) >= 11 is 0. The minimum absolute atomic E-state index is 0.147. The molecule has 0 aromatic heterocycles. The lowest BCUT2D eigenvalue weighted by atomic mass is 9.92. The molecule has 1 aliphatic rings. The molecule has 1 aliphatic heterocycles. The van der Waals surface area contributed by atoms with Crippen LogP contribution in [0.25, 0.3) is 0 Å². The van der Waals surface area contributed by atoms with Gasteiger partial charge in [-0.15, -0.1) is 6.58 Å². The fourth-order valence-electron chi connectivity index (χ4n) is 1.41. The largest absolute Gasteiger partial charge is 0.389 e. The van der Waals surface area contributed by atoms with E-state index >= 15 is 0 Å². The van der Waals surface area contributed by atoms with E-state index < -0.39 is 30.5 Å². The predicted molar refractivity (Wildman–Crippen MR) is 46.0 cm³/mol. The second kappa shape index (κ2) is 4.17. The summed E-state index contributed by atoms with van der Waals surface area (Å²) in [6, 6.07) is -0.670. The first-order valence-electron chi connectivity index (χ1n) is 4.16. The quantitative estimate of drug-likeness (QED) is 0.312. The van der Waals surface area contributed by atoms with Crippen LogP contribution in [0, 0.1) is 0 Å². The smallest absolute Gasteiger partial charge is 0.109 e. The molecular weight excluding hydrogens is 174 g/mol. The number of hydrogen-bond donors (Lipinski definition) is 5. The van der Waals surface area contributed by atoms with E-state index in [1.54, 1.807) is 0 Å². The van der Waals surface area contributed by atoms with Crippen molar-refractivity contribution in [3.05, 3.63) is 12.7 Å². The number of aliphatic hydroxyl groups is 4. The summed E-state index contributed by atoms with van der Waals surface area (Å²) in [5.41, 5.74) is 0. The lowest BCUT2D eigenvalue weighted by Crippen LogP contribution is -2.63. The summed E-state index contributed by atoms with van der Waals surface area (Å²) in [5.74, 6) is 0. The highest BCUT2D eigenvalue weighted by Gasteiger charge is 2.38. The Kier molecular flexibility index (Phi) is 3.40. The van der Waals surface area contributed by atoms with Gasteiger partial charge in [-0.05, 0) is 0 Å². The molecule has 1 heterocycles. The van der Waals surface area contributed by atoms with Crippen LogP contribution in [0.5, 0.6) is 0 Å². The number of rotatable bonds is 2. The molecule has 0 radical (unpaired) electrons. The molecule has 0 aliphatic carbocycles. The van der Waals surface area contributed by atoms with Crippen molar-refractivity contribution in [2.45, 2.75) is 30.5 Å². The van der Waals surface area contributed by atoms with Crippen molar-refractivity contribution in [2.75, 3.05) is 6.54 Å². The highest BCUT2D eigenvalue weighted by atomic mass is 16.4. The number of aliphatic hydroxyl groups excluding tert-OH is 4. The minimum atomic E-state index is -1.22. The van der Waals surface area contributed by atoms with E-state index in [4.69, 9.17) is 5.11 Å². The Labute approximate surface area is 76.3 Å². The fraction of sp³-hybridized carbons (Fsp3) is 0.750. The fourth-order valence-corrected chi connectivity index (χ4v) is 1.41. The minimum Gasteiger partial charge on any atom is -0.389 e. The lowest BCUT2D eigenvalue weighted by Gasteiger charge is -2.37. The lowest BCUT2D eigenvalue weighted by molar-refractivity contribution is -0.108. The molecule has 0 aromatic rings. The van der Waals surface area contributed by atoms with E-state index in [1.165, 1.54) is 6.08 Å². The third-order valence-electron chi connectivity index (χ3n) is 2.28. The molecule has 0 amide bonds. The van der Waals surface area contributed by atoms with Crippen LogP contribution in [-0.4, -0.2) is 57.4 Å². The van der Waals surface area contributed by atoms with Gasteiger partial charge in [0, 0.05) is 6.54 Å². The van der Waals surface area contributed by atoms with Crippen LogP contribution < -0.4 is 5.32 Å². The summed E-state index contributed by atoms with van der Waals surface area (Å²) in [6.07, 6.45) is -3.07. The molecule has 0 spiro atoms. The van der Waals surface area contributed by atoms with Crippen LogP contribution in [0.4, 0.5) is 0 Å². The number of nitrogens with one attached hydrogen (secondary N) is 1. The van der Waals surface area contributed by atoms with Crippen molar-refractivity contribution in [1.82, 2.24) is 5.32 Å². The average Bonchev–Trinajstić information content (AvgIpc) is 2.13. The van der Waals surface area contributed by atoms with Crippen molar-refractivity contribution in [2.24, 2.45) is 0 Å². The van der Waals surface area contributed by atoms with Gasteiger partial charge >= 0.3 is 0 Å². The van der Waals surface area contributed by atoms with Gasteiger partial charge in [-0.2, -0.15) is 0 Å². The molecule has 76 valence electrons. The van der Waals surface area contributed by atoms with E-state index in [0.717, 1.165) is 0 Å². The van der Waals surface area contributed by atoms with Gasteiger partial charge in [0.15, 0.2) is 0 Å². The first-order valence-corrected chi connectivity index (χ1v) is 4.16. The van der Waals surface area contributed by atoms with Crippen LogP contribution in [0.2, 0.25) is 0 Å². The molecule has 5 heteroatoms. The van der Waals surface area contributed by atoms with Gasteiger partial charge in [-0.3, -0.25) is 0 Å².